The van der Waals surface area contributed by atoms with Crippen molar-refractivity contribution in [1.29, 1.82) is 5.26 Å². The molecule has 2 nitrogen and oxygen atoms in total. The average molecular weight is 186 g/mol. The Kier molecular flexibility index (Phi) is 3.30. The van der Waals surface area contributed by atoms with E-state index in [0.717, 1.165) is 11.3 Å². The lowest BCUT2D eigenvalue weighted by Crippen LogP contribution is -2.12. The second kappa shape index (κ2) is 4.48. The number of hydrogen-bond donors (Lipinski definition) is 1. The normalized spacial score (nSPS) is 11.5. The molecular formula is C12H14N2. The summed E-state index contributed by atoms with van der Waals surface area (Å²) in [5.74, 6) is 0. The maximum atomic E-state index is 8.75. The molecule has 1 unspecified atom stereocenters. The third-order valence-corrected chi connectivity index (χ3v) is 2.10. The van der Waals surface area contributed by atoms with Gasteiger partial charge in [-0.05, 0) is 31.5 Å². The minimum absolute atomic E-state index is 0.211. The van der Waals surface area contributed by atoms with Crippen molar-refractivity contribution in [2.24, 2.45) is 0 Å². The van der Waals surface area contributed by atoms with Crippen LogP contribution < -0.4 is 5.32 Å². The smallest absolute Gasteiger partial charge is 0.0992 e. The second-order valence-corrected chi connectivity index (χ2v) is 3.31. The van der Waals surface area contributed by atoms with Crippen molar-refractivity contribution in [3.8, 4) is 6.07 Å². The zero-order valence-electron chi connectivity index (χ0n) is 8.54. The van der Waals surface area contributed by atoms with E-state index in [0.29, 0.717) is 5.56 Å². The van der Waals surface area contributed by atoms with Gasteiger partial charge in [-0.3, -0.25) is 0 Å². The van der Waals surface area contributed by atoms with Crippen LogP contribution in [0.1, 0.15) is 18.1 Å². The molecule has 14 heavy (non-hydrogen) atoms. The molecule has 0 bridgehead atoms. The summed E-state index contributed by atoms with van der Waals surface area (Å²) in [7, 11) is 0. The molecule has 0 heterocycles. The SMILES string of the molecule is C=CC(C)Nc1cc(C#N)ccc1C. The summed E-state index contributed by atoms with van der Waals surface area (Å²) in [5.41, 5.74) is 2.81. The first-order chi connectivity index (χ1) is 6.67. The van der Waals surface area contributed by atoms with Crippen molar-refractivity contribution in [3.05, 3.63) is 42.0 Å². The molecule has 1 atom stereocenters. The van der Waals surface area contributed by atoms with Crippen molar-refractivity contribution < 1.29 is 0 Å². The summed E-state index contributed by atoms with van der Waals surface area (Å²) in [4.78, 5) is 0. The van der Waals surface area contributed by atoms with E-state index >= 15 is 0 Å². The van der Waals surface area contributed by atoms with Crippen molar-refractivity contribution in [2.75, 3.05) is 5.32 Å². The molecule has 1 rings (SSSR count). The summed E-state index contributed by atoms with van der Waals surface area (Å²) in [6.07, 6.45) is 1.83. The largest absolute Gasteiger partial charge is 0.379 e. The summed E-state index contributed by atoms with van der Waals surface area (Å²) < 4.78 is 0. The summed E-state index contributed by atoms with van der Waals surface area (Å²) >= 11 is 0. The fourth-order valence-corrected chi connectivity index (χ4v) is 1.15. The van der Waals surface area contributed by atoms with Crippen molar-refractivity contribution >= 4 is 5.69 Å². The maximum absolute atomic E-state index is 8.75. The van der Waals surface area contributed by atoms with Crippen LogP contribution in [-0.4, -0.2) is 6.04 Å². The van der Waals surface area contributed by atoms with Gasteiger partial charge in [-0.15, -0.1) is 6.58 Å². The number of nitriles is 1. The van der Waals surface area contributed by atoms with Gasteiger partial charge >= 0.3 is 0 Å². The van der Waals surface area contributed by atoms with Crippen LogP contribution in [0.4, 0.5) is 5.69 Å². The van der Waals surface area contributed by atoms with Gasteiger partial charge in [0.2, 0.25) is 0 Å². The molecule has 0 aliphatic heterocycles. The van der Waals surface area contributed by atoms with Crippen LogP contribution in [0.15, 0.2) is 30.9 Å². The van der Waals surface area contributed by atoms with E-state index in [1.165, 1.54) is 0 Å². The molecule has 0 aromatic heterocycles. The third kappa shape index (κ3) is 2.37. The molecule has 1 aromatic carbocycles. The monoisotopic (exact) mass is 186 g/mol. The van der Waals surface area contributed by atoms with Crippen LogP contribution in [0.2, 0.25) is 0 Å². The van der Waals surface area contributed by atoms with Crippen LogP contribution in [0.3, 0.4) is 0 Å². The highest BCUT2D eigenvalue weighted by Crippen LogP contribution is 2.17. The van der Waals surface area contributed by atoms with E-state index in [4.69, 9.17) is 5.26 Å². The lowest BCUT2D eigenvalue weighted by molar-refractivity contribution is 0.997. The number of hydrogen-bond acceptors (Lipinski definition) is 2. The molecule has 0 saturated heterocycles. The predicted octanol–water partition coefficient (Wildman–Crippen LogP) is 2.85. The standard InChI is InChI=1S/C12H14N2/c1-4-10(3)14-12-7-11(8-13)6-5-9(12)2/h4-7,10,14H,1H2,2-3H3. The highest BCUT2D eigenvalue weighted by molar-refractivity contribution is 5.55. The molecule has 72 valence electrons. The molecule has 0 saturated carbocycles. The number of rotatable bonds is 3. The van der Waals surface area contributed by atoms with Crippen LogP contribution in [0, 0.1) is 18.3 Å². The predicted molar refractivity (Wildman–Crippen MR) is 59.2 cm³/mol. The van der Waals surface area contributed by atoms with Crippen molar-refractivity contribution in [3.63, 3.8) is 0 Å². The number of aryl methyl sites for hydroxylation is 1. The molecular weight excluding hydrogens is 172 g/mol. The van der Waals surface area contributed by atoms with E-state index in [2.05, 4.69) is 18.0 Å². The first-order valence-corrected chi connectivity index (χ1v) is 4.57. The lowest BCUT2D eigenvalue weighted by Gasteiger charge is -2.13. The first kappa shape index (κ1) is 10.3. The fourth-order valence-electron chi connectivity index (χ4n) is 1.15. The Bertz CT molecular complexity index is 374. The Hall–Kier alpha value is -1.75. The van der Waals surface area contributed by atoms with Gasteiger partial charge in [-0.25, -0.2) is 0 Å². The van der Waals surface area contributed by atoms with Crippen LogP contribution in [0.5, 0.6) is 0 Å². The molecule has 1 N–H and O–H groups in total. The van der Waals surface area contributed by atoms with Crippen LogP contribution in [0.25, 0.3) is 0 Å². The second-order valence-electron chi connectivity index (χ2n) is 3.31. The molecule has 0 aliphatic rings. The number of nitrogens with zero attached hydrogens (tertiary/aromatic N) is 1. The number of nitrogens with one attached hydrogen (secondary N) is 1. The molecule has 0 fully saturated rings. The number of benzene rings is 1. The summed E-state index contributed by atoms with van der Waals surface area (Å²) in [5, 5.41) is 12.0. The topological polar surface area (TPSA) is 35.8 Å². The van der Waals surface area contributed by atoms with Crippen molar-refractivity contribution in [2.45, 2.75) is 19.9 Å². The van der Waals surface area contributed by atoms with Crippen molar-refractivity contribution in [1.82, 2.24) is 0 Å². The Morgan fingerprint density at radius 3 is 2.86 bits per heavy atom. The lowest BCUT2D eigenvalue weighted by atomic mass is 10.1. The highest BCUT2D eigenvalue weighted by atomic mass is 14.9. The van der Waals surface area contributed by atoms with E-state index in [1.54, 1.807) is 0 Å². The zero-order valence-corrected chi connectivity index (χ0v) is 8.54. The van der Waals surface area contributed by atoms with Crippen LogP contribution in [-0.2, 0) is 0 Å². The Morgan fingerprint density at radius 2 is 2.29 bits per heavy atom. The van der Waals surface area contributed by atoms with E-state index in [1.807, 2.05) is 38.1 Å². The average Bonchev–Trinajstić information content (AvgIpc) is 2.21. The first-order valence-electron chi connectivity index (χ1n) is 4.57. The maximum Gasteiger partial charge on any atom is 0.0992 e. The Balaban J connectivity index is 2.96. The van der Waals surface area contributed by atoms with Gasteiger partial charge in [0.1, 0.15) is 0 Å². The Labute approximate surface area is 84.9 Å². The van der Waals surface area contributed by atoms with Crippen LogP contribution >= 0.6 is 0 Å². The van der Waals surface area contributed by atoms with Gasteiger partial charge in [0.05, 0.1) is 11.6 Å². The minimum atomic E-state index is 0.211. The van der Waals surface area contributed by atoms with Gasteiger partial charge < -0.3 is 5.32 Å². The van der Waals surface area contributed by atoms with Gasteiger partial charge in [0.15, 0.2) is 0 Å². The quantitative estimate of drug-likeness (QED) is 0.737. The minimum Gasteiger partial charge on any atom is -0.379 e. The molecule has 0 amide bonds. The van der Waals surface area contributed by atoms with Gasteiger partial charge in [-0.2, -0.15) is 5.26 Å². The fraction of sp³-hybridized carbons (Fsp3) is 0.250. The Morgan fingerprint density at radius 1 is 1.57 bits per heavy atom. The molecule has 0 aliphatic carbocycles. The van der Waals surface area contributed by atoms with E-state index in [9.17, 15) is 0 Å². The molecule has 2 heteroatoms. The summed E-state index contributed by atoms with van der Waals surface area (Å²) in [6.45, 7) is 7.73. The van der Waals surface area contributed by atoms with Gasteiger partial charge in [0, 0.05) is 11.7 Å². The third-order valence-electron chi connectivity index (χ3n) is 2.10. The van der Waals surface area contributed by atoms with E-state index in [-0.39, 0.29) is 6.04 Å². The zero-order chi connectivity index (χ0) is 10.6. The highest BCUT2D eigenvalue weighted by Gasteiger charge is 2.01. The summed E-state index contributed by atoms with van der Waals surface area (Å²) in [6, 6.07) is 7.95. The molecule has 0 spiro atoms. The van der Waals surface area contributed by atoms with E-state index < -0.39 is 0 Å². The van der Waals surface area contributed by atoms with Gasteiger partial charge in [-0.1, -0.05) is 12.1 Å². The number of anilines is 1. The molecule has 0 radical (unpaired) electrons. The van der Waals surface area contributed by atoms with Gasteiger partial charge in [0.25, 0.3) is 0 Å². The molecule has 1 aromatic rings.